The Balaban J connectivity index is 1.51. The molecule has 0 fully saturated rings. The lowest BCUT2D eigenvalue weighted by atomic mass is 10.0. The molecule has 0 saturated heterocycles. The molecule has 1 aromatic heterocycles. The number of ether oxygens (including phenoxy) is 1. The molecule has 1 radical (unpaired) electrons. The number of hydrogen-bond donors (Lipinski definition) is 1. The summed E-state index contributed by atoms with van der Waals surface area (Å²) in [5, 5.41) is 7.73. The fraction of sp³-hybridized carbons (Fsp3) is 0.320. The van der Waals surface area contributed by atoms with Crippen LogP contribution in [0.1, 0.15) is 36.8 Å². The van der Waals surface area contributed by atoms with E-state index in [4.69, 9.17) is 4.74 Å². The summed E-state index contributed by atoms with van der Waals surface area (Å²) in [7, 11) is 0. The third kappa shape index (κ3) is 6.50. The van der Waals surface area contributed by atoms with E-state index in [1.807, 2.05) is 0 Å². The monoisotopic (exact) mass is 392 g/mol. The molecule has 0 amide bonds. The maximum absolute atomic E-state index is 6.17. The zero-order valence-corrected chi connectivity index (χ0v) is 17.3. The van der Waals surface area contributed by atoms with E-state index in [1.165, 1.54) is 35.1 Å². The van der Waals surface area contributed by atoms with Crippen LogP contribution in [0.2, 0.25) is 0 Å². The van der Waals surface area contributed by atoms with Gasteiger partial charge in [0.2, 0.25) is 0 Å². The van der Waals surface area contributed by atoms with Crippen molar-refractivity contribution >= 4 is 11.3 Å². The maximum atomic E-state index is 6.17. The Morgan fingerprint density at radius 3 is 2.61 bits per heavy atom. The number of rotatable bonds is 12. The van der Waals surface area contributed by atoms with E-state index in [9.17, 15) is 0 Å². The lowest BCUT2D eigenvalue weighted by Crippen LogP contribution is -2.13. The van der Waals surface area contributed by atoms with E-state index in [-0.39, 0.29) is 0 Å². The van der Waals surface area contributed by atoms with Crippen molar-refractivity contribution in [3.8, 4) is 16.9 Å². The molecule has 28 heavy (non-hydrogen) atoms. The van der Waals surface area contributed by atoms with Crippen molar-refractivity contribution in [2.75, 3.05) is 13.2 Å². The first kappa shape index (κ1) is 20.6. The van der Waals surface area contributed by atoms with Crippen LogP contribution in [0, 0.1) is 6.92 Å². The van der Waals surface area contributed by atoms with Crippen LogP contribution in [0.15, 0.2) is 65.4 Å². The van der Waals surface area contributed by atoms with Crippen molar-refractivity contribution in [1.29, 1.82) is 0 Å². The average molecular weight is 393 g/mol. The standard InChI is InChI=1S/C25H30NOS/c1-2-15-26-19-22-12-13-25(24(18-22)23-14-17-28-20-23)27-16-8-4-7-11-21-9-5-3-6-10-21/h3,5-6,9-10,12-14,17-18,20,26H,1-2,4,7-8,11,15-16,19H2. The molecule has 0 saturated carbocycles. The van der Waals surface area contributed by atoms with E-state index in [0.717, 1.165) is 44.7 Å². The van der Waals surface area contributed by atoms with Gasteiger partial charge in [0.25, 0.3) is 0 Å². The largest absolute Gasteiger partial charge is 0.493 e. The van der Waals surface area contributed by atoms with Crippen molar-refractivity contribution in [2.24, 2.45) is 0 Å². The van der Waals surface area contributed by atoms with E-state index in [2.05, 4.69) is 77.6 Å². The van der Waals surface area contributed by atoms with Gasteiger partial charge in [-0.3, -0.25) is 0 Å². The third-order valence-corrected chi connectivity index (χ3v) is 5.45. The molecule has 0 aliphatic carbocycles. The highest BCUT2D eigenvalue weighted by Crippen LogP contribution is 2.32. The van der Waals surface area contributed by atoms with Gasteiger partial charge in [-0.25, -0.2) is 0 Å². The number of aryl methyl sites for hydroxylation is 1. The van der Waals surface area contributed by atoms with Crippen LogP contribution in [0.3, 0.4) is 0 Å². The lowest BCUT2D eigenvalue weighted by molar-refractivity contribution is 0.306. The molecule has 0 aliphatic heterocycles. The van der Waals surface area contributed by atoms with Crippen LogP contribution in [-0.4, -0.2) is 13.2 Å². The molecule has 0 spiro atoms. The number of benzene rings is 2. The van der Waals surface area contributed by atoms with Gasteiger partial charge in [0.1, 0.15) is 5.75 Å². The normalized spacial score (nSPS) is 10.9. The second kappa shape index (κ2) is 11.7. The van der Waals surface area contributed by atoms with E-state index >= 15 is 0 Å². The second-order valence-corrected chi connectivity index (χ2v) is 7.80. The Morgan fingerprint density at radius 1 is 0.929 bits per heavy atom. The quantitative estimate of drug-likeness (QED) is 0.354. The molecule has 1 N–H and O–H groups in total. The molecule has 3 heteroatoms. The highest BCUT2D eigenvalue weighted by atomic mass is 32.1. The van der Waals surface area contributed by atoms with Gasteiger partial charge in [0.15, 0.2) is 0 Å². The molecule has 2 aromatic carbocycles. The predicted octanol–water partition coefficient (Wildman–Crippen LogP) is 6.52. The van der Waals surface area contributed by atoms with Crippen LogP contribution < -0.4 is 10.1 Å². The third-order valence-electron chi connectivity index (χ3n) is 4.77. The maximum Gasteiger partial charge on any atom is 0.127 e. The average Bonchev–Trinajstić information content (AvgIpc) is 3.27. The Hall–Kier alpha value is -2.10. The summed E-state index contributed by atoms with van der Waals surface area (Å²) in [5.41, 5.74) is 5.14. The molecule has 0 aliphatic rings. The first-order chi connectivity index (χ1) is 13.9. The van der Waals surface area contributed by atoms with Crippen LogP contribution in [0.25, 0.3) is 11.1 Å². The van der Waals surface area contributed by atoms with Crippen LogP contribution in [-0.2, 0) is 13.0 Å². The van der Waals surface area contributed by atoms with E-state index < -0.39 is 0 Å². The number of thiophene rings is 1. The Labute approximate surface area is 173 Å². The minimum atomic E-state index is 0.769. The first-order valence-corrected chi connectivity index (χ1v) is 11.1. The van der Waals surface area contributed by atoms with Gasteiger partial charge in [0.05, 0.1) is 6.61 Å². The lowest BCUT2D eigenvalue weighted by Gasteiger charge is -2.13. The zero-order valence-electron chi connectivity index (χ0n) is 16.5. The summed E-state index contributed by atoms with van der Waals surface area (Å²) in [6.07, 6.45) is 5.54. The number of nitrogens with one attached hydrogen (secondary N) is 1. The van der Waals surface area contributed by atoms with Crippen LogP contribution in [0.5, 0.6) is 5.75 Å². The molecule has 0 bridgehead atoms. The fourth-order valence-electron chi connectivity index (χ4n) is 3.25. The summed E-state index contributed by atoms with van der Waals surface area (Å²) < 4.78 is 6.17. The van der Waals surface area contributed by atoms with Gasteiger partial charge >= 0.3 is 0 Å². The van der Waals surface area contributed by atoms with Crippen molar-refractivity contribution in [3.63, 3.8) is 0 Å². The van der Waals surface area contributed by atoms with Gasteiger partial charge in [-0.1, -0.05) is 43.3 Å². The Bertz CT molecular complexity index is 799. The predicted molar refractivity (Wildman–Crippen MR) is 121 cm³/mol. The van der Waals surface area contributed by atoms with Gasteiger partial charge in [0, 0.05) is 12.1 Å². The number of hydrogen-bond acceptors (Lipinski definition) is 3. The van der Waals surface area contributed by atoms with E-state index in [1.54, 1.807) is 11.3 Å². The first-order valence-electron chi connectivity index (χ1n) is 10.2. The molecule has 147 valence electrons. The summed E-state index contributed by atoms with van der Waals surface area (Å²) in [5.74, 6) is 0.988. The van der Waals surface area contributed by atoms with Gasteiger partial charge in [-0.15, -0.1) is 0 Å². The fourth-order valence-corrected chi connectivity index (χ4v) is 3.90. The summed E-state index contributed by atoms with van der Waals surface area (Å²) in [6.45, 7) is 6.46. The summed E-state index contributed by atoms with van der Waals surface area (Å²) >= 11 is 1.72. The molecular formula is C25H30NOS. The van der Waals surface area contributed by atoms with Crippen molar-refractivity contribution in [3.05, 3.63) is 83.4 Å². The van der Waals surface area contributed by atoms with Crippen molar-refractivity contribution < 1.29 is 4.74 Å². The van der Waals surface area contributed by atoms with Gasteiger partial charge in [-0.05, 0) is 84.3 Å². The highest BCUT2D eigenvalue weighted by molar-refractivity contribution is 7.08. The molecule has 3 rings (SSSR count). The van der Waals surface area contributed by atoms with Gasteiger partial charge < -0.3 is 10.1 Å². The van der Waals surface area contributed by atoms with Crippen molar-refractivity contribution in [1.82, 2.24) is 5.32 Å². The second-order valence-electron chi connectivity index (χ2n) is 7.02. The molecule has 0 atom stereocenters. The zero-order chi connectivity index (χ0) is 19.4. The smallest absolute Gasteiger partial charge is 0.127 e. The van der Waals surface area contributed by atoms with Crippen LogP contribution >= 0.6 is 11.3 Å². The molecule has 2 nitrogen and oxygen atoms in total. The highest BCUT2D eigenvalue weighted by Gasteiger charge is 2.09. The Kier molecular flexibility index (Phi) is 8.60. The molecule has 3 aromatic rings. The Morgan fingerprint density at radius 2 is 1.82 bits per heavy atom. The van der Waals surface area contributed by atoms with E-state index in [0.29, 0.717) is 0 Å². The van der Waals surface area contributed by atoms with Crippen molar-refractivity contribution in [2.45, 2.75) is 38.6 Å². The SMILES string of the molecule is [CH2]CCNCc1ccc(OCCCCCc2ccccc2)c(-c2ccsc2)c1. The minimum Gasteiger partial charge on any atom is -0.493 e. The van der Waals surface area contributed by atoms with Crippen LogP contribution in [0.4, 0.5) is 0 Å². The number of unbranched alkanes of at least 4 members (excludes halogenated alkanes) is 2. The van der Waals surface area contributed by atoms with Gasteiger partial charge in [-0.2, -0.15) is 11.3 Å². The molecule has 0 unspecified atom stereocenters. The topological polar surface area (TPSA) is 21.3 Å². The summed E-state index contributed by atoms with van der Waals surface area (Å²) in [6, 6.07) is 19.4. The summed E-state index contributed by atoms with van der Waals surface area (Å²) in [4.78, 5) is 0. The minimum absolute atomic E-state index is 0.769. The molecular weight excluding hydrogens is 362 g/mol. The molecule has 1 heterocycles.